The lowest BCUT2D eigenvalue weighted by molar-refractivity contribution is -0.138. The molecular weight excluding hydrogens is 256 g/mol. The minimum Gasteiger partial charge on any atom is -0.481 e. The van der Waals surface area contributed by atoms with E-state index in [9.17, 15) is 9.59 Å². The largest absolute Gasteiger partial charge is 0.481 e. The minimum atomic E-state index is -0.726. The molecule has 2 rings (SSSR count). The lowest BCUT2D eigenvalue weighted by Gasteiger charge is -2.33. The molecule has 2 aliphatic rings. The first-order valence-electron chi connectivity index (χ1n) is 7.87. The SMILES string of the molecule is O=C(O)CC1CCCN(CC(=O)N2CCCCCC2)C1. The molecule has 1 N–H and O–H groups in total. The molecule has 20 heavy (non-hydrogen) atoms. The van der Waals surface area contributed by atoms with E-state index in [0.717, 1.165) is 51.9 Å². The predicted molar refractivity (Wildman–Crippen MR) is 76.5 cm³/mol. The number of rotatable bonds is 4. The van der Waals surface area contributed by atoms with Crippen molar-refractivity contribution in [2.45, 2.75) is 44.9 Å². The van der Waals surface area contributed by atoms with Crippen molar-refractivity contribution < 1.29 is 14.7 Å². The van der Waals surface area contributed by atoms with Gasteiger partial charge < -0.3 is 10.0 Å². The molecule has 2 saturated heterocycles. The molecule has 0 aromatic rings. The van der Waals surface area contributed by atoms with Crippen LogP contribution in [-0.2, 0) is 9.59 Å². The fraction of sp³-hybridized carbons (Fsp3) is 0.867. The fourth-order valence-electron chi connectivity index (χ4n) is 3.32. The number of hydrogen-bond donors (Lipinski definition) is 1. The zero-order chi connectivity index (χ0) is 14.4. The molecule has 5 heteroatoms. The van der Waals surface area contributed by atoms with Crippen LogP contribution in [0.3, 0.4) is 0 Å². The van der Waals surface area contributed by atoms with E-state index >= 15 is 0 Å². The summed E-state index contributed by atoms with van der Waals surface area (Å²) in [5, 5.41) is 8.88. The Kier molecular flexibility index (Phi) is 5.83. The van der Waals surface area contributed by atoms with Gasteiger partial charge >= 0.3 is 5.97 Å². The van der Waals surface area contributed by atoms with Crippen molar-refractivity contribution in [3.05, 3.63) is 0 Å². The van der Waals surface area contributed by atoms with E-state index in [1.54, 1.807) is 0 Å². The Bertz CT molecular complexity index is 338. The second-order valence-corrected chi connectivity index (χ2v) is 6.14. The maximum absolute atomic E-state index is 12.3. The van der Waals surface area contributed by atoms with E-state index in [1.807, 2.05) is 4.90 Å². The predicted octanol–water partition coefficient (Wildman–Crippen LogP) is 1.58. The third-order valence-electron chi connectivity index (χ3n) is 4.38. The summed E-state index contributed by atoms with van der Waals surface area (Å²) in [4.78, 5) is 27.2. The summed E-state index contributed by atoms with van der Waals surface area (Å²) in [6.45, 7) is 3.94. The van der Waals surface area contributed by atoms with Crippen molar-refractivity contribution in [2.75, 3.05) is 32.7 Å². The van der Waals surface area contributed by atoms with E-state index in [-0.39, 0.29) is 18.2 Å². The van der Waals surface area contributed by atoms with Crippen molar-refractivity contribution in [3.63, 3.8) is 0 Å². The van der Waals surface area contributed by atoms with Crippen LogP contribution in [0.15, 0.2) is 0 Å². The summed E-state index contributed by atoms with van der Waals surface area (Å²) in [5.41, 5.74) is 0. The number of piperidine rings is 1. The van der Waals surface area contributed by atoms with E-state index < -0.39 is 5.97 Å². The zero-order valence-corrected chi connectivity index (χ0v) is 12.2. The van der Waals surface area contributed by atoms with E-state index in [0.29, 0.717) is 6.54 Å². The first-order chi connectivity index (χ1) is 9.65. The van der Waals surface area contributed by atoms with Crippen LogP contribution in [0, 0.1) is 5.92 Å². The molecule has 0 radical (unpaired) electrons. The standard InChI is InChI=1S/C15H26N2O3/c18-14(17-8-3-1-2-4-9-17)12-16-7-5-6-13(11-16)10-15(19)20/h13H,1-12H2,(H,19,20). The van der Waals surface area contributed by atoms with Crippen molar-refractivity contribution >= 4 is 11.9 Å². The maximum Gasteiger partial charge on any atom is 0.303 e. The lowest BCUT2D eigenvalue weighted by atomic mass is 9.95. The van der Waals surface area contributed by atoms with Gasteiger partial charge in [-0.25, -0.2) is 0 Å². The monoisotopic (exact) mass is 282 g/mol. The Labute approximate surface area is 120 Å². The van der Waals surface area contributed by atoms with Gasteiger partial charge in [0.2, 0.25) is 5.91 Å². The van der Waals surface area contributed by atoms with Gasteiger partial charge in [-0.1, -0.05) is 12.8 Å². The molecule has 0 aliphatic carbocycles. The summed E-state index contributed by atoms with van der Waals surface area (Å²) in [7, 11) is 0. The number of aliphatic carboxylic acids is 1. The highest BCUT2D eigenvalue weighted by atomic mass is 16.4. The van der Waals surface area contributed by atoms with Crippen LogP contribution in [0.2, 0.25) is 0 Å². The fourth-order valence-corrected chi connectivity index (χ4v) is 3.32. The molecule has 2 fully saturated rings. The van der Waals surface area contributed by atoms with Gasteiger partial charge in [0, 0.05) is 26.1 Å². The quantitative estimate of drug-likeness (QED) is 0.850. The summed E-state index contributed by atoms with van der Waals surface area (Å²) < 4.78 is 0. The summed E-state index contributed by atoms with van der Waals surface area (Å²) in [6.07, 6.45) is 6.91. The van der Waals surface area contributed by atoms with Gasteiger partial charge in [0.25, 0.3) is 0 Å². The smallest absolute Gasteiger partial charge is 0.303 e. The minimum absolute atomic E-state index is 0.207. The lowest BCUT2D eigenvalue weighted by Crippen LogP contribution is -2.44. The van der Waals surface area contributed by atoms with Crippen LogP contribution in [0.1, 0.15) is 44.9 Å². The average Bonchev–Trinajstić information content (AvgIpc) is 2.67. The van der Waals surface area contributed by atoms with Gasteiger partial charge in [-0.15, -0.1) is 0 Å². The van der Waals surface area contributed by atoms with Gasteiger partial charge in [-0.3, -0.25) is 14.5 Å². The Morgan fingerprint density at radius 2 is 1.70 bits per heavy atom. The Balaban J connectivity index is 1.79. The van der Waals surface area contributed by atoms with Crippen molar-refractivity contribution in [3.8, 4) is 0 Å². The summed E-state index contributed by atoms with van der Waals surface area (Å²) in [6, 6.07) is 0. The number of carbonyl (C=O) groups is 2. The maximum atomic E-state index is 12.3. The van der Waals surface area contributed by atoms with Gasteiger partial charge in [0.15, 0.2) is 0 Å². The number of likely N-dealkylation sites (tertiary alicyclic amines) is 2. The zero-order valence-electron chi connectivity index (χ0n) is 12.2. The number of hydrogen-bond acceptors (Lipinski definition) is 3. The first kappa shape index (κ1) is 15.3. The molecule has 0 saturated carbocycles. The van der Waals surface area contributed by atoms with Crippen LogP contribution < -0.4 is 0 Å². The molecule has 114 valence electrons. The molecule has 1 unspecified atom stereocenters. The van der Waals surface area contributed by atoms with Crippen LogP contribution in [0.4, 0.5) is 0 Å². The van der Waals surface area contributed by atoms with Crippen LogP contribution >= 0.6 is 0 Å². The third-order valence-corrected chi connectivity index (χ3v) is 4.38. The number of carbonyl (C=O) groups excluding carboxylic acids is 1. The molecule has 0 aromatic heterocycles. The Morgan fingerprint density at radius 1 is 1.00 bits per heavy atom. The second-order valence-electron chi connectivity index (χ2n) is 6.14. The highest BCUT2D eigenvalue weighted by Gasteiger charge is 2.25. The normalized spacial score (nSPS) is 25.2. The molecule has 2 heterocycles. The van der Waals surface area contributed by atoms with Crippen molar-refractivity contribution in [1.82, 2.24) is 9.80 Å². The molecule has 5 nitrogen and oxygen atoms in total. The molecule has 1 atom stereocenters. The van der Waals surface area contributed by atoms with E-state index in [4.69, 9.17) is 5.11 Å². The molecule has 0 bridgehead atoms. The summed E-state index contributed by atoms with van der Waals surface area (Å²) in [5.74, 6) is -0.295. The van der Waals surface area contributed by atoms with Crippen molar-refractivity contribution in [1.29, 1.82) is 0 Å². The van der Waals surface area contributed by atoms with Crippen molar-refractivity contribution in [2.24, 2.45) is 5.92 Å². The molecule has 2 aliphatic heterocycles. The van der Waals surface area contributed by atoms with Gasteiger partial charge in [0.05, 0.1) is 6.54 Å². The molecule has 0 aromatic carbocycles. The van der Waals surface area contributed by atoms with Crippen LogP contribution in [0.25, 0.3) is 0 Å². The van der Waals surface area contributed by atoms with Crippen LogP contribution in [-0.4, -0.2) is 59.5 Å². The number of carboxylic acids is 1. The highest BCUT2D eigenvalue weighted by Crippen LogP contribution is 2.20. The van der Waals surface area contributed by atoms with Crippen LogP contribution in [0.5, 0.6) is 0 Å². The van der Waals surface area contributed by atoms with Gasteiger partial charge in [-0.05, 0) is 38.1 Å². The van der Waals surface area contributed by atoms with E-state index in [1.165, 1.54) is 12.8 Å². The number of nitrogens with zero attached hydrogens (tertiary/aromatic N) is 2. The Morgan fingerprint density at radius 3 is 2.35 bits per heavy atom. The van der Waals surface area contributed by atoms with Gasteiger partial charge in [0.1, 0.15) is 0 Å². The molecular formula is C15H26N2O3. The summed E-state index contributed by atoms with van der Waals surface area (Å²) >= 11 is 0. The second kappa shape index (κ2) is 7.62. The number of amides is 1. The third kappa shape index (κ3) is 4.78. The average molecular weight is 282 g/mol. The first-order valence-corrected chi connectivity index (χ1v) is 7.87. The van der Waals surface area contributed by atoms with Gasteiger partial charge in [-0.2, -0.15) is 0 Å². The topological polar surface area (TPSA) is 60.9 Å². The molecule has 0 spiro atoms. The number of carboxylic acid groups (broad SMARTS) is 1. The Hall–Kier alpha value is -1.10. The van der Waals surface area contributed by atoms with E-state index in [2.05, 4.69) is 4.90 Å². The molecule has 1 amide bonds. The highest BCUT2D eigenvalue weighted by molar-refractivity contribution is 5.78.